The minimum Gasteiger partial charge on any atom is -0.497 e. The van der Waals surface area contributed by atoms with Crippen LogP contribution in [0.1, 0.15) is 0 Å². The van der Waals surface area contributed by atoms with Crippen LogP contribution in [0.15, 0.2) is 42.5 Å². The van der Waals surface area contributed by atoms with Crippen LogP contribution in [-0.4, -0.2) is 64.8 Å². The van der Waals surface area contributed by atoms with Gasteiger partial charge in [0.25, 0.3) is 0 Å². The summed E-state index contributed by atoms with van der Waals surface area (Å²) < 4.78 is 10.6. The number of anilines is 3. The summed E-state index contributed by atoms with van der Waals surface area (Å²) in [6, 6.07) is 12.6. The van der Waals surface area contributed by atoms with Gasteiger partial charge < -0.3 is 24.6 Å². The fraction of sp³-hybridized carbons (Fsp3) is 0.333. The zero-order valence-corrected chi connectivity index (χ0v) is 17.1. The quantitative estimate of drug-likeness (QED) is 0.776. The Balaban J connectivity index is 1.65. The van der Waals surface area contributed by atoms with Crippen molar-refractivity contribution >= 4 is 29.0 Å². The van der Waals surface area contributed by atoms with Crippen molar-refractivity contribution in [1.29, 1.82) is 0 Å². The number of urea groups is 1. The van der Waals surface area contributed by atoms with Crippen LogP contribution in [0.3, 0.4) is 0 Å². The molecule has 0 aromatic heterocycles. The molecule has 2 aromatic carbocycles. The van der Waals surface area contributed by atoms with Crippen molar-refractivity contribution in [2.24, 2.45) is 0 Å². The lowest BCUT2D eigenvalue weighted by Crippen LogP contribution is -2.37. The lowest BCUT2D eigenvalue weighted by atomic mass is 10.2. The SMILES string of the molecule is COc1ccc(OC)c(N2CCN(CC(=O)Nc3ccc(N(C)C)cc3)C2=O)c1. The average Bonchev–Trinajstić information content (AvgIpc) is 3.07. The molecule has 8 nitrogen and oxygen atoms in total. The number of benzene rings is 2. The molecule has 0 atom stereocenters. The Kier molecular flexibility index (Phi) is 6.11. The first-order valence-corrected chi connectivity index (χ1v) is 9.28. The number of hydrogen-bond acceptors (Lipinski definition) is 5. The van der Waals surface area contributed by atoms with Crippen molar-refractivity contribution in [3.8, 4) is 11.5 Å². The number of amides is 3. The Morgan fingerprint density at radius 3 is 2.41 bits per heavy atom. The van der Waals surface area contributed by atoms with Crippen LogP contribution in [0.5, 0.6) is 11.5 Å². The van der Waals surface area contributed by atoms with Gasteiger partial charge in [-0.05, 0) is 36.4 Å². The summed E-state index contributed by atoms with van der Waals surface area (Å²) in [4.78, 5) is 30.4. The highest BCUT2D eigenvalue weighted by Gasteiger charge is 2.32. The molecular weight excluding hydrogens is 372 g/mol. The standard InChI is InChI=1S/C21H26N4O4/c1-23(2)16-7-5-15(6-8-16)22-20(26)14-24-11-12-25(21(24)27)18-13-17(28-3)9-10-19(18)29-4/h5-10,13H,11-12,14H2,1-4H3,(H,22,26). The molecule has 1 heterocycles. The second-order valence-corrected chi connectivity index (χ2v) is 6.88. The zero-order chi connectivity index (χ0) is 21.0. The van der Waals surface area contributed by atoms with E-state index < -0.39 is 0 Å². The summed E-state index contributed by atoms with van der Waals surface area (Å²) >= 11 is 0. The van der Waals surface area contributed by atoms with Gasteiger partial charge in [-0.3, -0.25) is 9.69 Å². The molecular formula is C21H26N4O4. The lowest BCUT2D eigenvalue weighted by Gasteiger charge is -2.21. The lowest BCUT2D eigenvalue weighted by molar-refractivity contribution is -0.116. The summed E-state index contributed by atoms with van der Waals surface area (Å²) in [5.41, 5.74) is 2.36. The molecule has 0 spiro atoms. The van der Waals surface area contributed by atoms with Crippen LogP contribution >= 0.6 is 0 Å². The molecule has 3 rings (SSSR count). The van der Waals surface area contributed by atoms with E-state index in [1.54, 1.807) is 37.3 Å². The number of nitrogens with one attached hydrogen (secondary N) is 1. The first-order valence-electron chi connectivity index (χ1n) is 9.28. The number of carbonyl (C=O) groups is 2. The van der Waals surface area contributed by atoms with Gasteiger partial charge in [-0.1, -0.05) is 0 Å². The summed E-state index contributed by atoms with van der Waals surface area (Å²) in [6.07, 6.45) is 0. The second kappa shape index (κ2) is 8.72. The molecule has 8 heteroatoms. The van der Waals surface area contributed by atoms with Gasteiger partial charge in [-0.25, -0.2) is 4.79 Å². The molecule has 0 aliphatic carbocycles. The summed E-state index contributed by atoms with van der Waals surface area (Å²) in [5, 5.41) is 2.84. The van der Waals surface area contributed by atoms with E-state index in [2.05, 4.69) is 5.32 Å². The Morgan fingerprint density at radius 1 is 1.07 bits per heavy atom. The predicted molar refractivity (Wildman–Crippen MR) is 113 cm³/mol. The van der Waals surface area contributed by atoms with E-state index in [4.69, 9.17) is 9.47 Å². The van der Waals surface area contributed by atoms with Crippen LogP contribution in [0.2, 0.25) is 0 Å². The van der Waals surface area contributed by atoms with Gasteiger partial charge in [0.05, 0.1) is 19.9 Å². The molecule has 154 valence electrons. The van der Waals surface area contributed by atoms with Crippen LogP contribution in [0, 0.1) is 0 Å². The van der Waals surface area contributed by atoms with E-state index in [0.717, 1.165) is 5.69 Å². The Bertz CT molecular complexity index is 883. The van der Waals surface area contributed by atoms with E-state index in [1.807, 2.05) is 43.3 Å². The number of ether oxygens (including phenoxy) is 2. The van der Waals surface area contributed by atoms with Crippen molar-refractivity contribution in [3.05, 3.63) is 42.5 Å². The van der Waals surface area contributed by atoms with Gasteiger partial charge in [-0.15, -0.1) is 0 Å². The Labute approximate surface area is 170 Å². The van der Waals surface area contributed by atoms with Crippen molar-refractivity contribution in [2.45, 2.75) is 0 Å². The molecule has 1 fully saturated rings. The van der Waals surface area contributed by atoms with Crippen LogP contribution < -0.4 is 24.6 Å². The monoisotopic (exact) mass is 398 g/mol. The molecule has 1 saturated heterocycles. The van der Waals surface area contributed by atoms with Crippen molar-refractivity contribution < 1.29 is 19.1 Å². The van der Waals surface area contributed by atoms with Crippen LogP contribution in [-0.2, 0) is 4.79 Å². The van der Waals surface area contributed by atoms with Gasteiger partial charge in [-0.2, -0.15) is 0 Å². The molecule has 2 aromatic rings. The maximum absolute atomic E-state index is 12.9. The minimum absolute atomic E-state index is 0.0168. The highest BCUT2D eigenvalue weighted by atomic mass is 16.5. The second-order valence-electron chi connectivity index (χ2n) is 6.88. The molecule has 0 unspecified atom stereocenters. The predicted octanol–water partition coefficient (Wildman–Crippen LogP) is 2.65. The number of nitrogens with zero attached hydrogens (tertiary/aromatic N) is 3. The average molecular weight is 398 g/mol. The molecule has 1 N–H and O–H groups in total. The fourth-order valence-electron chi connectivity index (χ4n) is 3.18. The summed E-state index contributed by atoms with van der Waals surface area (Å²) in [6.45, 7) is 0.899. The van der Waals surface area contributed by atoms with Crippen molar-refractivity contribution in [3.63, 3.8) is 0 Å². The third-order valence-electron chi connectivity index (χ3n) is 4.77. The minimum atomic E-state index is -0.241. The number of carbonyl (C=O) groups excluding carboxylic acids is 2. The van der Waals surface area contributed by atoms with Crippen molar-refractivity contribution in [1.82, 2.24) is 4.90 Å². The van der Waals surface area contributed by atoms with Gasteiger partial charge in [0, 0.05) is 44.6 Å². The maximum Gasteiger partial charge on any atom is 0.325 e. The van der Waals surface area contributed by atoms with Gasteiger partial charge >= 0.3 is 6.03 Å². The normalized spacial score (nSPS) is 13.4. The summed E-state index contributed by atoms with van der Waals surface area (Å²) in [5.74, 6) is 0.966. The summed E-state index contributed by atoms with van der Waals surface area (Å²) in [7, 11) is 7.03. The first kappa shape index (κ1) is 20.3. The van der Waals surface area contributed by atoms with E-state index in [1.165, 1.54) is 4.90 Å². The Morgan fingerprint density at radius 2 is 1.79 bits per heavy atom. The Hall–Kier alpha value is -3.42. The smallest absolute Gasteiger partial charge is 0.325 e. The molecule has 0 bridgehead atoms. The molecule has 29 heavy (non-hydrogen) atoms. The zero-order valence-electron chi connectivity index (χ0n) is 17.1. The van der Waals surface area contributed by atoms with Gasteiger partial charge in [0.15, 0.2) is 0 Å². The highest BCUT2D eigenvalue weighted by Crippen LogP contribution is 2.34. The molecule has 0 saturated carbocycles. The number of hydrogen-bond donors (Lipinski definition) is 1. The fourth-order valence-corrected chi connectivity index (χ4v) is 3.18. The highest BCUT2D eigenvalue weighted by molar-refractivity contribution is 6.00. The van der Waals surface area contributed by atoms with E-state index in [9.17, 15) is 9.59 Å². The van der Waals surface area contributed by atoms with Gasteiger partial charge in [0.1, 0.15) is 18.0 Å². The van der Waals surface area contributed by atoms with Gasteiger partial charge in [0.2, 0.25) is 5.91 Å². The van der Waals surface area contributed by atoms with Crippen LogP contribution in [0.4, 0.5) is 21.9 Å². The third kappa shape index (κ3) is 4.53. The van der Waals surface area contributed by atoms with E-state index >= 15 is 0 Å². The third-order valence-corrected chi connectivity index (χ3v) is 4.77. The number of rotatable bonds is 7. The first-order chi connectivity index (χ1) is 13.9. The molecule has 1 aliphatic rings. The topological polar surface area (TPSA) is 74.4 Å². The van der Waals surface area contributed by atoms with Crippen molar-refractivity contribution in [2.75, 3.05) is 63.1 Å². The molecule has 3 amide bonds. The van der Waals surface area contributed by atoms with E-state index in [-0.39, 0.29) is 18.5 Å². The van der Waals surface area contributed by atoms with E-state index in [0.29, 0.717) is 36.0 Å². The number of methoxy groups -OCH3 is 2. The largest absolute Gasteiger partial charge is 0.497 e. The maximum atomic E-state index is 12.9. The van der Waals surface area contributed by atoms with Crippen LogP contribution in [0.25, 0.3) is 0 Å². The molecule has 1 aliphatic heterocycles. The molecule has 0 radical (unpaired) electrons.